The van der Waals surface area contributed by atoms with Crippen molar-refractivity contribution < 1.29 is 9.18 Å². The van der Waals surface area contributed by atoms with Crippen molar-refractivity contribution in [1.82, 2.24) is 14.8 Å². The molecule has 32 heavy (non-hydrogen) atoms. The zero-order valence-electron chi connectivity index (χ0n) is 17.9. The number of nitriles is 1. The Labute approximate surface area is 189 Å². The number of aryl methyl sites for hydroxylation is 1. The molecular formula is C23H23FN6OS. The topological polar surface area (TPSA) is 86.8 Å². The molecule has 1 aromatic carbocycles. The number of benzene rings is 1. The molecule has 1 aliphatic heterocycles. The first-order valence-electron chi connectivity index (χ1n) is 10.4. The lowest BCUT2D eigenvalue weighted by atomic mass is 10.1. The summed E-state index contributed by atoms with van der Waals surface area (Å²) in [6.45, 7) is 5.69. The smallest absolute Gasteiger partial charge is 0.268 e. The Bertz CT molecular complexity index is 1200. The van der Waals surface area contributed by atoms with Crippen molar-refractivity contribution in [3.05, 3.63) is 58.7 Å². The van der Waals surface area contributed by atoms with E-state index in [2.05, 4.69) is 20.4 Å². The molecule has 1 amide bonds. The first-order chi connectivity index (χ1) is 15.5. The Hall–Kier alpha value is -3.51. The molecule has 0 radical (unpaired) electrons. The van der Waals surface area contributed by atoms with Crippen molar-refractivity contribution in [2.24, 2.45) is 0 Å². The van der Waals surface area contributed by atoms with Gasteiger partial charge in [-0.25, -0.2) is 4.39 Å². The Morgan fingerprint density at radius 1 is 1.19 bits per heavy atom. The van der Waals surface area contributed by atoms with Gasteiger partial charge in [-0.15, -0.1) is 10.2 Å². The van der Waals surface area contributed by atoms with Crippen molar-refractivity contribution >= 4 is 33.6 Å². The fraction of sp³-hybridized carbons (Fsp3) is 0.304. The molecule has 0 atom stereocenters. The molecule has 0 bridgehead atoms. The molecule has 0 saturated carbocycles. The van der Waals surface area contributed by atoms with E-state index in [1.165, 1.54) is 29.9 Å². The first-order valence-corrected chi connectivity index (χ1v) is 11.2. The molecule has 1 N–H and O–H groups in total. The molecule has 3 heterocycles. The highest BCUT2D eigenvalue weighted by atomic mass is 32.1. The van der Waals surface area contributed by atoms with Crippen molar-refractivity contribution in [2.45, 2.75) is 33.1 Å². The molecule has 1 aliphatic rings. The van der Waals surface area contributed by atoms with E-state index in [4.69, 9.17) is 0 Å². The quantitative estimate of drug-likeness (QED) is 0.453. The predicted octanol–water partition coefficient (Wildman–Crippen LogP) is 4.62. The molecule has 7 nitrogen and oxygen atoms in total. The van der Waals surface area contributed by atoms with Gasteiger partial charge in [0.2, 0.25) is 10.3 Å². The summed E-state index contributed by atoms with van der Waals surface area (Å²) in [5.41, 5.74) is 3.28. The number of hydrogen-bond donors (Lipinski definition) is 1. The highest BCUT2D eigenvalue weighted by molar-refractivity contribution is 7.19. The van der Waals surface area contributed by atoms with Crippen LogP contribution in [0.15, 0.2) is 35.9 Å². The lowest BCUT2D eigenvalue weighted by Gasteiger charge is -2.25. The number of halogens is 1. The number of piperidine rings is 1. The maximum absolute atomic E-state index is 13.3. The fourth-order valence-corrected chi connectivity index (χ4v) is 4.66. The van der Waals surface area contributed by atoms with E-state index in [-0.39, 0.29) is 11.4 Å². The number of carbonyl (C=O) groups is 1. The van der Waals surface area contributed by atoms with Gasteiger partial charge in [-0.3, -0.25) is 10.1 Å². The van der Waals surface area contributed by atoms with Crippen LogP contribution in [-0.2, 0) is 4.79 Å². The summed E-state index contributed by atoms with van der Waals surface area (Å²) in [7, 11) is 0. The van der Waals surface area contributed by atoms with Crippen LogP contribution in [0.25, 0.3) is 11.8 Å². The highest BCUT2D eigenvalue weighted by Crippen LogP contribution is 2.27. The van der Waals surface area contributed by atoms with Gasteiger partial charge >= 0.3 is 0 Å². The summed E-state index contributed by atoms with van der Waals surface area (Å²) in [5.74, 6) is -0.833. The molecule has 2 aromatic heterocycles. The molecule has 0 aliphatic carbocycles. The standard InChI is InChI=1S/C23H23FN6OS/c1-15-12-17(16(2)30(15)20-8-6-19(24)7-9-20)13-18(14-25)21(31)26-22-27-28-23(32-22)29-10-4-3-5-11-29/h6-9,12-13H,3-5,10-11H2,1-2H3,(H,26,27,31)/b18-13-. The Kier molecular flexibility index (Phi) is 6.32. The second-order valence-electron chi connectivity index (χ2n) is 7.70. The highest BCUT2D eigenvalue weighted by Gasteiger charge is 2.18. The molecule has 3 aromatic rings. The molecule has 4 rings (SSSR count). The third-order valence-corrected chi connectivity index (χ3v) is 6.38. The Balaban J connectivity index is 1.54. The zero-order valence-corrected chi connectivity index (χ0v) is 18.7. The van der Waals surface area contributed by atoms with E-state index in [1.807, 2.05) is 30.6 Å². The van der Waals surface area contributed by atoms with E-state index < -0.39 is 5.91 Å². The third-order valence-electron chi connectivity index (χ3n) is 5.48. The van der Waals surface area contributed by atoms with Gasteiger partial charge in [-0.1, -0.05) is 11.3 Å². The van der Waals surface area contributed by atoms with Crippen LogP contribution in [0.2, 0.25) is 0 Å². The number of nitrogens with zero attached hydrogens (tertiary/aromatic N) is 5. The van der Waals surface area contributed by atoms with Gasteiger partial charge in [0.05, 0.1) is 0 Å². The zero-order chi connectivity index (χ0) is 22.7. The molecular weight excluding hydrogens is 427 g/mol. The van der Waals surface area contributed by atoms with E-state index in [0.717, 1.165) is 53.7 Å². The van der Waals surface area contributed by atoms with Gasteiger partial charge in [0.1, 0.15) is 17.5 Å². The summed E-state index contributed by atoms with van der Waals surface area (Å²) in [6.07, 6.45) is 5.03. The second kappa shape index (κ2) is 9.32. The van der Waals surface area contributed by atoms with Crippen LogP contribution < -0.4 is 10.2 Å². The molecule has 164 valence electrons. The third kappa shape index (κ3) is 4.55. The Morgan fingerprint density at radius 3 is 2.59 bits per heavy atom. The number of anilines is 2. The summed E-state index contributed by atoms with van der Waals surface area (Å²) in [4.78, 5) is 14.9. The molecule has 1 fully saturated rings. The summed E-state index contributed by atoms with van der Waals surface area (Å²) in [5, 5.41) is 21.7. The number of aromatic nitrogens is 3. The van der Waals surface area contributed by atoms with Gasteiger partial charge in [-0.2, -0.15) is 5.26 Å². The lowest BCUT2D eigenvalue weighted by Crippen LogP contribution is -2.29. The minimum atomic E-state index is -0.527. The van der Waals surface area contributed by atoms with Crippen molar-refractivity contribution in [1.29, 1.82) is 5.26 Å². The summed E-state index contributed by atoms with van der Waals surface area (Å²) >= 11 is 1.31. The minimum Gasteiger partial charge on any atom is -0.347 e. The van der Waals surface area contributed by atoms with E-state index >= 15 is 0 Å². The van der Waals surface area contributed by atoms with Crippen LogP contribution >= 0.6 is 11.3 Å². The molecule has 0 unspecified atom stereocenters. The molecule has 0 spiro atoms. The number of amides is 1. The largest absolute Gasteiger partial charge is 0.347 e. The predicted molar refractivity (Wildman–Crippen MR) is 123 cm³/mol. The maximum atomic E-state index is 13.3. The normalized spacial score (nSPS) is 14.3. The molecule has 9 heteroatoms. The van der Waals surface area contributed by atoms with Crippen molar-refractivity contribution in [3.63, 3.8) is 0 Å². The van der Waals surface area contributed by atoms with Gasteiger partial charge in [0.25, 0.3) is 5.91 Å². The summed E-state index contributed by atoms with van der Waals surface area (Å²) < 4.78 is 15.2. The molecule has 1 saturated heterocycles. The van der Waals surface area contributed by atoms with Crippen molar-refractivity contribution in [2.75, 3.05) is 23.3 Å². The minimum absolute atomic E-state index is 0.0286. The van der Waals surface area contributed by atoms with Gasteiger partial charge in [0, 0.05) is 30.2 Å². The van der Waals surface area contributed by atoms with Gasteiger partial charge in [-0.05, 0) is 75.1 Å². The number of hydrogen-bond acceptors (Lipinski definition) is 6. The van der Waals surface area contributed by atoms with Crippen LogP contribution in [0.5, 0.6) is 0 Å². The van der Waals surface area contributed by atoms with Crippen LogP contribution in [0.4, 0.5) is 14.7 Å². The SMILES string of the molecule is Cc1cc(/C=C(/C#N)C(=O)Nc2nnc(N3CCCCC3)s2)c(C)n1-c1ccc(F)cc1. The van der Waals surface area contributed by atoms with E-state index in [0.29, 0.717) is 5.13 Å². The first kappa shape index (κ1) is 21.7. The van der Waals surface area contributed by atoms with E-state index in [9.17, 15) is 14.4 Å². The number of nitrogens with one attached hydrogen (secondary N) is 1. The van der Waals surface area contributed by atoms with E-state index in [1.54, 1.807) is 18.2 Å². The lowest BCUT2D eigenvalue weighted by molar-refractivity contribution is -0.112. The second-order valence-corrected chi connectivity index (χ2v) is 8.66. The van der Waals surface area contributed by atoms with Crippen molar-refractivity contribution in [3.8, 4) is 11.8 Å². The fourth-order valence-electron chi connectivity index (χ4n) is 3.87. The number of rotatable bonds is 5. The van der Waals surface area contributed by atoms with Crippen LogP contribution in [0.1, 0.15) is 36.2 Å². The van der Waals surface area contributed by atoms with Crippen LogP contribution in [0, 0.1) is 31.0 Å². The Morgan fingerprint density at radius 2 is 1.91 bits per heavy atom. The number of carbonyl (C=O) groups excluding carboxylic acids is 1. The monoisotopic (exact) mass is 450 g/mol. The average molecular weight is 451 g/mol. The maximum Gasteiger partial charge on any atom is 0.268 e. The average Bonchev–Trinajstić information content (AvgIpc) is 3.37. The van der Waals surface area contributed by atoms with Gasteiger partial charge in [0.15, 0.2) is 0 Å². The van der Waals surface area contributed by atoms with Gasteiger partial charge < -0.3 is 9.47 Å². The van der Waals surface area contributed by atoms with Crippen LogP contribution in [-0.4, -0.2) is 33.8 Å². The van der Waals surface area contributed by atoms with Crippen LogP contribution in [0.3, 0.4) is 0 Å². The summed E-state index contributed by atoms with van der Waals surface area (Å²) in [6, 6.07) is 10.1.